The number of methoxy groups -OCH3 is 3. The number of hydrogen-bond donors (Lipinski definition) is 1. The van der Waals surface area contributed by atoms with Gasteiger partial charge in [-0.1, -0.05) is 91.5 Å². The number of carbonyl (C=O) groups excluding carboxylic acids is 3. The maximum Gasteiger partial charge on any atom is 0.337 e. The van der Waals surface area contributed by atoms with Gasteiger partial charge in [0.1, 0.15) is 22.9 Å². The van der Waals surface area contributed by atoms with Crippen LogP contribution in [0.5, 0.6) is 0 Å². The number of rotatable bonds is 20. The molecule has 6 saturated heterocycles. The summed E-state index contributed by atoms with van der Waals surface area (Å²) in [5.74, 6) is 2.51. The third-order valence-electron chi connectivity index (χ3n) is 25.3. The summed E-state index contributed by atoms with van der Waals surface area (Å²) in [6.07, 6.45) is 12.4. The van der Waals surface area contributed by atoms with Crippen molar-refractivity contribution in [3.05, 3.63) is 180 Å². The van der Waals surface area contributed by atoms with Crippen molar-refractivity contribution < 1.29 is 76.0 Å². The fourth-order valence-electron chi connectivity index (χ4n) is 18.8. The van der Waals surface area contributed by atoms with Crippen LogP contribution in [0.15, 0.2) is 102 Å². The lowest BCUT2D eigenvalue weighted by molar-refractivity contribution is 0.0122. The average molecular weight is 1950 g/mol. The van der Waals surface area contributed by atoms with Crippen LogP contribution in [0.4, 0.5) is 10.3 Å². The number of hydrogen-bond acceptors (Lipinski definition) is 27. The number of esters is 3. The summed E-state index contributed by atoms with van der Waals surface area (Å²) in [5.41, 5.74) is 14.8. The highest BCUT2D eigenvalue weighted by Crippen LogP contribution is 2.53. The molecule has 0 spiro atoms. The molecule has 0 amide bonds. The van der Waals surface area contributed by atoms with E-state index in [2.05, 4.69) is 61.9 Å². The smallest absolute Gasteiger partial charge is 0.337 e. The average Bonchev–Trinajstić information content (AvgIpc) is 1.60. The molecule has 6 aromatic carbocycles. The molecule has 22 rings (SSSR count). The van der Waals surface area contributed by atoms with Gasteiger partial charge in [0, 0.05) is 121 Å². The van der Waals surface area contributed by atoms with Crippen LogP contribution in [-0.4, -0.2) is 171 Å². The molecule has 0 unspecified atom stereocenters. The van der Waals surface area contributed by atoms with Crippen LogP contribution in [0.1, 0.15) is 199 Å². The first kappa shape index (κ1) is 85.1. The molecular formula is C89H84Br2Cl4N8O16S4. The molecule has 10 aliphatic rings. The topological polar surface area (TPSA) is 282 Å². The molecule has 10 atom stereocenters. The molecule has 0 radical (unpaired) electrons. The Labute approximate surface area is 760 Å². The zero-order valence-electron chi connectivity index (χ0n) is 67.0. The Balaban J connectivity index is 0.000000115. The molecule has 4 bridgehead atoms. The third-order valence-corrected chi connectivity index (χ3v) is 31.5. The van der Waals surface area contributed by atoms with Gasteiger partial charge in [-0.3, -0.25) is 0 Å². The molecule has 24 nitrogen and oxygen atoms in total. The van der Waals surface area contributed by atoms with E-state index in [1.54, 1.807) is 34.8 Å². The van der Waals surface area contributed by atoms with Crippen molar-refractivity contribution in [3.63, 3.8) is 0 Å². The Morgan fingerprint density at radius 3 is 1.09 bits per heavy atom. The van der Waals surface area contributed by atoms with E-state index in [1.807, 2.05) is 72.8 Å². The number of halogens is 6. The molecular weight excluding hydrogens is 1870 g/mol. The van der Waals surface area contributed by atoms with Crippen LogP contribution in [0.2, 0.25) is 20.1 Å². The number of nitrogens with zero attached hydrogens (tertiary/aromatic N) is 8. The number of carboxylic acid groups (broad SMARTS) is 1. The van der Waals surface area contributed by atoms with E-state index in [4.69, 9.17) is 108 Å². The molecule has 4 saturated carbocycles. The lowest BCUT2D eigenvalue weighted by Crippen LogP contribution is -2.38. The Morgan fingerprint density at radius 2 is 0.780 bits per heavy atom. The normalized spacial score (nSPS) is 23.2. The lowest BCUT2D eigenvalue weighted by Gasteiger charge is -2.31. The minimum atomic E-state index is -0.912. The number of carbonyl (C=O) groups is 4. The third kappa shape index (κ3) is 17.5. The Hall–Kier alpha value is -7.34. The number of fused-ring (bicyclic) bond motifs is 8. The van der Waals surface area contributed by atoms with Crippen LogP contribution in [0.3, 0.4) is 0 Å². The number of carboxylic acids is 1. The fraction of sp³-hybridized carbons (Fsp3) is 0.438. The summed E-state index contributed by atoms with van der Waals surface area (Å²) in [6, 6.07) is 26.5. The molecule has 34 heteroatoms. The zero-order chi connectivity index (χ0) is 84.6. The summed E-state index contributed by atoms with van der Waals surface area (Å²) in [5, 5.41) is 22.7. The number of aromatic carboxylic acids is 1. The van der Waals surface area contributed by atoms with E-state index in [-0.39, 0.29) is 42.0 Å². The van der Waals surface area contributed by atoms with Gasteiger partial charge in [0.25, 0.3) is 0 Å². The Kier molecular flexibility index (Phi) is 25.2. The molecule has 4 aliphatic carbocycles. The van der Waals surface area contributed by atoms with Gasteiger partial charge in [0.2, 0.25) is 0 Å². The van der Waals surface area contributed by atoms with Crippen molar-refractivity contribution in [2.24, 2.45) is 11.8 Å². The van der Waals surface area contributed by atoms with Crippen molar-refractivity contribution >= 4 is 199 Å². The van der Waals surface area contributed by atoms with Gasteiger partial charge in [-0.15, -0.1) is 22.7 Å². The summed E-state index contributed by atoms with van der Waals surface area (Å²) in [7, 11) is 4.21. The lowest BCUT2D eigenvalue weighted by atomic mass is 9.95. The number of thiazole rings is 4. The minimum absolute atomic E-state index is 0.127. The molecule has 6 aromatic heterocycles. The second-order valence-electron chi connectivity index (χ2n) is 32.9. The fourth-order valence-corrected chi connectivity index (χ4v) is 25.1. The molecule has 1 N–H and O–H groups in total. The van der Waals surface area contributed by atoms with Gasteiger partial charge in [0.15, 0.2) is 18.1 Å². The minimum Gasteiger partial charge on any atom is -0.478 e. The molecule has 6 aliphatic heterocycles. The summed E-state index contributed by atoms with van der Waals surface area (Å²) in [6.45, 7) is 8.18. The number of piperidine rings is 2. The monoisotopic (exact) mass is 1950 g/mol. The van der Waals surface area contributed by atoms with Gasteiger partial charge in [0.05, 0.1) is 156 Å². The number of anilines is 2. The van der Waals surface area contributed by atoms with Crippen molar-refractivity contribution in [2.45, 2.75) is 150 Å². The first-order valence-corrected chi connectivity index (χ1v) is 47.7. The maximum atomic E-state index is 12.5. The van der Waals surface area contributed by atoms with E-state index in [9.17, 15) is 24.3 Å². The van der Waals surface area contributed by atoms with Crippen molar-refractivity contribution in [3.8, 4) is 22.5 Å². The molecule has 123 heavy (non-hydrogen) atoms. The highest BCUT2D eigenvalue weighted by molar-refractivity contribution is 9.11. The zero-order valence-corrected chi connectivity index (χ0v) is 76.5. The molecule has 10 fully saturated rings. The van der Waals surface area contributed by atoms with Gasteiger partial charge >= 0.3 is 23.9 Å². The van der Waals surface area contributed by atoms with Gasteiger partial charge < -0.3 is 66.6 Å². The van der Waals surface area contributed by atoms with E-state index in [0.29, 0.717) is 159 Å². The van der Waals surface area contributed by atoms with Crippen molar-refractivity contribution in [1.82, 2.24) is 30.2 Å². The van der Waals surface area contributed by atoms with E-state index in [1.165, 1.54) is 44.0 Å². The molecule has 642 valence electrons. The van der Waals surface area contributed by atoms with Gasteiger partial charge in [-0.05, 0) is 204 Å². The number of ether oxygens (including phenoxy) is 9. The summed E-state index contributed by atoms with van der Waals surface area (Å²) in [4.78, 5) is 71.9. The van der Waals surface area contributed by atoms with Gasteiger partial charge in [-0.2, -0.15) is 0 Å². The van der Waals surface area contributed by atoms with Crippen LogP contribution >= 0.6 is 124 Å². The summed E-state index contributed by atoms with van der Waals surface area (Å²) >= 11 is 39.3. The van der Waals surface area contributed by atoms with Crippen LogP contribution in [0.25, 0.3) is 63.4 Å². The highest BCUT2D eigenvalue weighted by Gasteiger charge is 2.49. The predicted octanol–water partition coefficient (Wildman–Crippen LogP) is 21.8. The first-order chi connectivity index (χ1) is 59.8. The van der Waals surface area contributed by atoms with Crippen molar-refractivity contribution in [2.75, 3.05) is 97.1 Å². The quantitative estimate of drug-likeness (QED) is 0.0548. The molecule has 12 heterocycles. The van der Waals surface area contributed by atoms with Crippen LogP contribution < -0.4 is 9.80 Å². The Morgan fingerprint density at radius 1 is 0.447 bits per heavy atom. The second kappa shape index (κ2) is 36.4. The highest BCUT2D eigenvalue weighted by atomic mass is 79.9. The number of aromatic nitrogens is 6. The Bertz CT molecular complexity index is 5900. The van der Waals surface area contributed by atoms with E-state index < -0.39 is 5.97 Å². The largest absolute Gasteiger partial charge is 0.478 e. The maximum absolute atomic E-state index is 12.5. The van der Waals surface area contributed by atoms with E-state index in [0.717, 1.165) is 214 Å². The summed E-state index contributed by atoms with van der Waals surface area (Å²) < 4.78 is 67.3. The van der Waals surface area contributed by atoms with E-state index >= 15 is 0 Å². The number of benzene rings is 6. The SMILES string of the molecule is COC(=O)c1cc([C@@H]2CCOC2)c2nc(Br)sc2c1.COC(=O)c1cc([C@H]2CCOC2)c2nc(Br)sc2c1.COC(=O)c1cc([C@H]2CCOC2)c2nc(N3C[C@@H]4C[C@H]3C[C@H]4OCc3c(-c4c(Cl)cccc4Cl)noc3C3CC3)sc2c1.O=C(O)c1cc([C@@H]2CCOC2)c2nc(N3C[C@@H]4C[C@H]3C[C@H]4OCc3c(-c4c(Cl)cccc4Cl)noc3C3CC3)sc2c1. The standard InChI is InChI=1S/C32H31Cl2N3O5S.C31H29Cl2N3O5S.2C13H12BrNO3S/c1-39-31(38)18-10-21(17-7-8-40-14-17)28-26(11-18)43-32(35-28)37-13-19-9-20(37)12-25(19)41-15-22-29(36-42-30(22)16-5-6-16)27-23(33)3-2-4-24(27)34;32-22-2-1-3-23(33)26(22)28-21(29(41-35-28)15-4-5-15)14-40-24-11-19-8-18(24)12-36(19)31-34-27-20(16-6-7-39-13-16)9-17(30(37)38)10-25(27)42-31;2*1-17-12(16)8-4-9(7-2-3-18-6-7)11-10(5-8)19-13(14)15-11/h2-4,10-11,16-17,19-20,25H,5-9,12-15H2,1H3;1-3,9-10,15-16,18-19,24H,4-8,11-14H2,(H,37,38);2*4-5,7H,2-3,6H2,1H3/t17-,19-,20-,25+;16-,18+,19+,24-;2*7-/m0110/s1. The second-order valence-corrected chi connectivity index (χ2v) is 41.1. The van der Waals surface area contributed by atoms with Crippen LogP contribution in [-0.2, 0) is 55.8 Å². The first-order valence-electron chi connectivity index (χ1n) is 41.3. The van der Waals surface area contributed by atoms with Gasteiger partial charge in [-0.25, -0.2) is 39.1 Å². The molecule has 12 aromatic rings. The van der Waals surface area contributed by atoms with Crippen LogP contribution in [0, 0.1) is 11.8 Å². The van der Waals surface area contributed by atoms with Crippen molar-refractivity contribution in [1.29, 1.82) is 0 Å². The predicted molar refractivity (Wildman–Crippen MR) is 480 cm³/mol.